The number of rotatable bonds is 3. The molecule has 0 saturated heterocycles. The van der Waals surface area contributed by atoms with Gasteiger partial charge in [0, 0.05) is 11.1 Å². The largest absolute Gasteiger partial charge is 0.457 e. The molecule has 0 atom stereocenters. The summed E-state index contributed by atoms with van der Waals surface area (Å²) in [4.78, 5) is 12.2. The summed E-state index contributed by atoms with van der Waals surface area (Å²) in [5.41, 5.74) is 3.10. The van der Waals surface area contributed by atoms with Crippen molar-refractivity contribution in [1.82, 2.24) is 0 Å². The number of hydrogen-bond acceptors (Lipinski definition) is 3. The number of esters is 1. The van der Waals surface area contributed by atoms with Gasteiger partial charge in [0.1, 0.15) is 17.3 Å². The predicted octanol–water partition coefficient (Wildman–Crippen LogP) is 6.54. The number of cyclic esters (lactones) is 1. The minimum atomic E-state index is -0.413. The molecule has 0 bridgehead atoms. The number of hydrogen-bond donors (Lipinski definition) is 0. The maximum absolute atomic E-state index is 12.2. The Morgan fingerprint density at radius 3 is 2.52 bits per heavy atom. The summed E-state index contributed by atoms with van der Waals surface area (Å²) in [6.07, 6.45) is 3.35. The van der Waals surface area contributed by atoms with Gasteiger partial charge in [0.25, 0.3) is 0 Å². The Morgan fingerprint density at radius 1 is 0.963 bits per heavy atom. The molecule has 4 rings (SSSR count). The highest BCUT2D eigenvalue weighted by molar-refractivity contribution is 6.43. The van der Waals surface area contributed by atoms with Gasteiger partial charge in [-0.3, -0.25) is 0 Å². The highest BCUT2D eigenvalue weighted by Crippen LogP contribution is 2.35. The first-order valence-electron chi connectivity index (χ1n) is 8.28. The van der Waals surface area contributed by atoms with Gasteiger partial charge < -0.3 is 9.15 Å². The predicted molar refractivity (Wildman–Crippen MR) is 107 cm³/mol. The van der Waals surface area contributed by atoms with Gasteiger partial charge in [-0.25, -0.2) is 4.79 Å². The molecule has 0 aliphatic carbocycles. The van der Waals surface area contributed by atoms with E-state index in [1.54, 1.807) is 36.4 Å². The van der Waals surface area contributed by atoms with Crippen molar-refractivity contribution in [1.29, 1.82) is 0 Å². The van der Waals surface area contributed by atoms with Crippen LogP contribution >= 0.6 is 23.2 Å². The molecular formula is C22H14Cl2O3. The fourth-order valence-electron chi connectivity index (χ4n) is 2.77. The maximum atomic E-state index is 12.2. The summed E-state index contributed by atoms with van der Waals surface area (Å²) < 4.78 is 11.2. The average Bonchev–Trinajstić information content (AvgIpc) is 3.26. The molecule has 134 valence electrons. The van der Waals surface area contributed by atoms with E-state index in [-0.39, 0.29) is 0 Å². The lowest BCUT2D eigenvalue weighted by molar-refractivity contribution is -0.130. The molecule has 1 aliphatic rings. The lowest BCUT2D eigenvalue weighted by Gasteiger charge is -2.02. The monoisotopic (exact) mass is 396 g/mol. The van der Waals surface area contributed by atoms with Crippen LogP contribution in [0.15, 0.2) is 70.7 Å². The van der Waals surface area contributed by atoms with Gasteiger partial charge >= 0.3 is 5.97 Å². The van der Waals surface area contributed by atoms with Gasteiger partial charge in [-0.05, 0) is 43.3 Å². The topological polar surface area (TPSA) is 39.4 Å². The number of benzene rings is 2. The molecule has 27 heavy (non-hydrogen) atoms. The summed E-state index contributed by atoms with van der Waals surface area (Å²) in [5, 5.41) is 0.880. The van der Waals surface area contributed by atoms with E-state index in [0.29, 0.717) is 38.5 Å². The van der Waals surface area contributed by atoms with Crippen LogP contribution in [0, 0.1) is 6.92 Å². The van der Waals surface area contributed by atoms with E-state index in [1.165, 1.54) is 0 Å². The van der Waals surface area contributed by atoms with Crippen LogP contribution in [0.5, 0.6) is 0 Å². The second-order valence-electron chi connectivity index (χ2n) is 6.17. The van der Waals surface area contributed by atoms with Gasteiger partial charge in [-0.1, -0.05) is 59.1 Å². The smallest absolute Gasteiger partial charge is 0.343 e. The summed E-state index contributed by atoms with van der Waals surface area (Å²) in [6.45, 7) is 2.00. The van der Waals surface area contributed by atoms with E-state index in [0.717, 1.165) is 11.1 Å². The van der Waals surface area contributed by atoms with E-state index in [4.69, 9.17) is 32.4 Å². The lowest BCUT2D eigenvalue weighted by atomic mass is 10.1. The zero-order valence-corrected chi connectivity index (χ0v) is 15.8. The van der Waals surface area contributed by atoms with Crippen LogP contribution < -0.4 is 0 Å². The number of carbonyl (C=O) groups excluding carboxylic acids is 1. The molecule has 0 amide bonds. The van der Waals surface area contributed by atoms with Crippen LogP contribution in [0.2, 0.25) is 10.0 Å². The SMILES string of the molecule is Cc1ccc(C2=C/C(=C/c3ccc(-c4cccc(Cl)c4Cl)o3)C(=O)O2)cc1. The van der Waals surface area contributed by atoms with Gasteiger partial charge in [0.05, 0.1) is 15.6 Å². The Labute approximate surface area is 166 Å². The zero-order chi connectivity index (χ0) is 19.0. The van der Waals surface area contributed by atoms with Crippen molar-refractivity contribution < 1.29 is 13.9 Å². The third-order valence-corrected chi connectivity index (χ3v) is 5.02. The average molecular weight is 397 g/mol. The van der Waals surface area contributed by atoms with Gasteiger partial charge in [0.15, 0.2) is 0 Å². The molecule has 3 aromatic rings. The number of furan rings is 1. The van der Waals surface area contributed by atoms with Gasteiger partial charge in [0.2, 0.25) is 0 Å². The van der Waals surface area contributed by atoms with E-state index < -0.39 is 5.97 Å². The van der Waals surface area contributed by atoms with Crippen LogP contribution in [0.1, 0.15) is 16.9 Å². The Kier molecular flexibility index (Phi) is 4.65. The number of halogens is 2. The minimum absolute atomic E-state index is 0.413. The molecule has 0 saturated carbocycles. The quantitative estimate of drug-likeness (QED) is 0.372. The molecular weight excluding hydrogens is 383 g/mol. The summed E-state index contributed by atoms with van der Waals surface area (Å²) >= 11 is 12.3. The van der Waals surface area contributed by atoms with Crippen molar-refractivity contribution in [2.45, 2.75) is 6.92 Å². The number of ether oxygens (including phenoxy) is 1. The molecule has 1 aromatic heterocycles. The standard InChI is InChI=1S/C22H14Cl2O3/c1-13-5-7-14(8-6-13)20-12-15(22(25)27-20)11-16-9-10-19(26-16)17-3-2-4-18(23)21(17)24/h2-12H,1H3/b15-11-. The molecule has 1 aliphatic heterocycles. The van der Waals surface area contributed by atoms with Crippen LogP contribution in [0.25, 0.3) is 23.2 Å². The van der Waals surface area contributed by atoms with Crippen LogP contribution in [-0.2, 0) is 9.53 Å². The molecule has 3 nitrogen and oxygen atoms in total. The van der Waals surface area contributed by atoms with Crippen molar-refractivity contribution >= 4 is 41.0 Å². The third-order valence-electron chi connectivity index (χ3n) is 4.20. The molecule has 2 heterocycles. The van der Waals surface area contributed by atoms with Crippen molar-refractivity contribution in [3.05, 3.63) is 93.2 Å². The number of aryl methyl sites for hydroxylation is 1. The van der Waals surface area contributed by atoms with E-state index >= 15 is 0 Å². The Bertz CT molecular complexity index is 1090. The molecule has 0 N–H and O–H groups in total. The first-order valence-corrected chi connectivity index (χ1v) is 9.04. The Balaban J connectivity index is 1.64. The fourth-order valence-corrected chi connectivity index (χ4v) is 3.17. The molecule has 0 fully saturated rings. The third kappa shape index (κ3) is 3.57. The second-order valence-corrected chi connectivity index (χ2v) is 6.95. The van der Waals surface area contributed by atoms with Crippen molar-refractivity contribution in [2.24, 2.45) is 0 Å². The first kappa shape index (κ1) is 17.7. The first-order chi connectivity index (χ1) is 13.0. The summed E-state index contributed by atoms with van der Waals surface area (Å²) in [6, 6.07) is 16.7. The van der Waals surface area contributed by atoms with E-state index in [1.807, 2.05) is 37.3 Å². The summed E-state index contributed by atoms with van der Waals surface area (Å²) in [7, 11) is 0. The zero-order valence-electron chi connectivity index (χ0n) is 14.3. The Hall–Kier alpha value is -2.75. The van der Waals surface area contributed by atoms with Gasteiger partial charge in [-0.15, -0.1) is 0 Å². The van der Waals surface area contributed by atoms with Crippen LogP contribution in [-0.4, -0.2) is 5.97 Å². The second kappa shape index (κ2) is 7.10. The number of carbonyl (C=O) groups is 1. The molecule has 0 radical (unpaired) electrons. The lowest BCUT2D eigenvalue weighted by Crippen LogP contribution is -1.96. The molecule has 5 heteroatoms. The van der Waals surface area contributed by atoms with Crippen molar-refractivity contribution in [3.63, 3.8) is 0 Å². The van der Waals surface area contributed by atoms with E-state index in [9.17, 15) is 4.79 Å². The fraction of sp³-hybridized carbons (Fsp3) is 0.0455. The molecule has 0 spiro atoms. The van der Waals surface area contributed by atoms with Crippen molar-refractivity contribution in [3.8, 4) is 11.3 Å². The van der Waals surface area contributed by atoms with Crippen molar-refractivity contribution in [2.75, 3.05) is 0 Å². The highest BCUT2D eigenvalue weighted by Gasteiger charge is 2.22. The maximum Gasteiger partial charge on any atom is 0.343 e. The molecule has 2 aromatic carbocycles. The van der Waals surface area contributed by atoms with Gasteiger partial charge in [-0.2, -0.15) is 0 Å². The Morgan fingerprint density at radius 2 is 1.74 bits per heavy atom. The van der Waals surface area contributed by atoms with E-state index in [2.05, 4.69) is 0 Å². The van der Waals surface area contributed by atoms with Crippen LogP contribution in [0.4, 0.5) is 0 Å². The highest BCUT2D eigenvalue weighted by atomic mass is 35.5. The normalized spacial score (nSPS) is 15.1. The minimum Gasteiger partial charge on any atom is -0.457 e. The van der Waals surface area contributed by atoms with Crippen LogP contribution in [0.3, 0.4) is 0 Å². The molecule has 0 unspecified atom stereocenters. The summed E-state index contributed by atoms with van der Waals surface area (Å²) in [5.74, 6) is 1.21.